The molecule has 1 aromatic rings. The van der Waals surface area contributed by atoms with Crippen LogP contribution in [0.2, 0.25) is 0 Å². The Labute approximate surface area is 122 Å². The van der Waals surface area contributed by atoms with E-state index in [2.05, 4.69) is 62.4 Å². The molecule has 0 aromatic carbocycles. The molecule has 1 aromatic heterocycles. The molecule has 1 rings (SSSR count). The van der Waals surface area contributed by atoms with Gasteiger partial charge in [0.25, 0.3) is 0 Å². The molecule has 1 atom stereocenters. The topological polar surface area (TPSA) is 63.0 Å². The van der Waals surface area contributed by atoms with E-state index >= 15 is 0 Å². The van der Waals surface area contributed by atoms with Crippen molar-refractivity contribution in [3.05, 3.63) is 5.89 Å². The Bertz CT molecular complexity index is 381. The predicted molar refractivity (Wildman–Crippen MR) is 82.7 cm³/mol. The van der Waals surface area contributed by atoms with Crippen molar-refractivity contribution < 1.29 is 4.42 Å². The quantitative estimate of drug-likeness (QED) is 0.763. The van der Waals surface area contributed by atoms with Crippen LogP contribution < -0.4 is 10.6 Å². The van der Waals surface area contributed by atoms with E-state index in [0.717, 1.165) is 12.3 Å². The minimum atomic E-state index is 0.0478. The normalized spacial score (nSPS) is 13.8. The first-order valence-corrected chi connectivity index (χ1v) is 7.60. The summed E-state index contributed by atoms with van der Waals surface area (Å²) in [6.07, 6.45) is 3.60. The highest BCUT2D eigenvalue weighted by atomic mass is 16.4. The number of rotatable bonds is 8. The van der Waals surface area contributed by atoms with Crippen LogP contribution in [0.5, 0.6) is 0 Å². The summed E-state index contributed by atoms with van der Waals surface area (Å²) in [5, 5.41) is 14.7. The summed E-state index contributed by atoms with van der Waals surface area (Å²) < 4.78 is 5.58. The van der Waals surface area contributed by atoms with Gasteiger partial charge >= 0.3 is 6.01 Å². The molecule has 0 aliphatic heterocycles. The van der Waals surface area contributed by atoms with Crippen LogP contribution in [-0.2, 0) is 6.54 Å². The maximum Gasteiger partial charge on any atom is 0.315 e. The van der Waals surface area contributed by atoms with Gasteiger partial charge < -0.3 is 15.1 Å². The lowest BCUT2D eigenvalue weighted by molar-refractivity contribution is 0.383. The van der Waals surface area contributed by atoms with Crippen molar-refractivity contribution in [3.63, 3.8) is 0 Å². The van der Waals surface area contributed by atoms with Crippen LogP contribution in [0.15, 0.2) is 4.42 Å². The van der Waals surface area contributed by atoms with Crippen molar-refractivity contribution in [2.24, 2.45) is 5.92 Å². The highest BCUT2D eigenvalue weighted by Crippen LogP contribution is 2.13. The predicted octanol–water partition coefficient (Wildman–Crippen LogP) is 3.58. The van der Waals surface area contributed by atoms with Crippen LogP contribution in [0.1, 0.15) is 66.7 Å². The lowest BCUT2D eigenvalue weighted by Crippen LogP contribution is -2.35. The zero-order valence-corrected chi connectivity index (χ0v) is 13.8. The molecule has 0 saturated carbocycles. The van der Waals surface area contributed by atoms with Gasteiger partial charge in [-0.1, -0.05) is 31.8 Å². The first-order chi connectivity index (χ1) is 9.26. The molecule has 0 radical (unpaired) electrons. The molecule has 0 aliphatic rings. The summed E-state index contributed by atoms with van der Waals surface area (Å²) in [6.45, 7) is 13.6. The molecule has 0 fully saturated rings. The molecule has 0 bridgehead atoms. The smallest absolute Gasteiger partial charge is 0.315 e. The molecule has 1 heterocycles. The largest absolute Gasteiger partial charge is 0.407 e. The lowest BCUT2D eigenvalue weighted by Gasteiger charge is -2.18. The molecule has 0 spiro atoms. The molecular formula is C15H30N4O. The summed E-state index contributed by atoms with van der Waals surface area (Å²) in [4.78, 5) is 0. The van der Waals surface area contributed by atoms with Crippen molar-refractivity contribution in [2.75, 3.05) is 5.32 Å². The van der Waals surface area contributed by atoms with Crippen LogP contribution in [-0.4, -0.2) is 21.8 Å². The second-order valence-corrected chi connectivity index (χ2v) is 6.97. The molecule has 0 amide bonds. The van der Waals surface area contributed by atoms with Gasteiger partial charge in [0, 0.05) is 11.6 Å². The molecule has 5 heteroatoms. The summed E-state index contributed by atoms with van der Waals surface area (Å²) in [5.74, 6) is 1.39. The van der Waals surface area contributed by atoms with E-state index in [0.29, 0.717) is 24.5 Å². The van der Waals surface area contributed by atoms with Gasteiger partial charge in [-0.25, -0.2) is 0 Å². The van der Waals surface area contributed by atoms with Gasteiger partial charge in [0.1, 0.15) is 0 Å². The highest BCUT2D eigenvalue weighted by molar-refractivity contribution is 5.18. The minimum absolute atomic E-state index is 0.0478. The maximum atomic E-state index is 5.58. The first-order valence-electron chi connectivity index (χ1n) is 7.60. The highest BCUT2D eigenvalue weighted by Gasteiger charge is 2.13. The number of anilines is 1. The van der Waals surface area contributed by atoms with Crippen LogP contribution in [0.3, 0.4) is 0 Å². The van der Waals surface area contributed by atoms with E-state index < -0.39 is 0 Å². The molecular weight excluding hydrogens is 252 g/mol. The van der Waals surface area contributed by atoms with E-state index in [1.807, 2.05) is 0 Å². The second kappa shape index (κ2) is 7.62. The van der Waals surface area contributed by atoms with Crippen LogP contribution in [0, 0.1) is 5.92 Å². The van der Waals surface area contributed by atoms with Gasteiger partial charge in [0.2, 0.25) is 5.89 Å². The fraction of sp³-hybridized carbons (Fsp3) is 0.867. The fourth-order valence-electron chi connectivity index (χ4n) is 1.84. The third kappa shape index (κ3) is 7.48. The third-order valence-electron chi connectivity index (χ3n) is 3.03. The number of hydrogen-bond acceptors (Lipinski definition) is 5. The van der Waals surface area contributed by atoms with Gasteiger partial charge in [-0.2, -0.15) is 0 Å². The van der Waals surface area contributed by atoms with E-state index in [1.54, 1.807) is 0 Å². The third-order valence-corrected chi connectivity index (χ3v) is 3.03. The Balaban J connectivity index is 2.32. The Kier molecular flexibility index (Phi) is 6.46. The summed E-state index contributed by atoms with van der Waals surface area (Å²) in [7, 11) is 0. The number of nitrogens with one attached hydrogen (secondary N) is 2. The summed E-state index contributed by atoms with van der Waals surface area (Å²) in [6, 6.07) is 0.880. The standard InChI is InChI=1S/C15H30N4O/c1-11(2)8-7-9-12(3)17-14-19-18-13(20-14)10-16-15(4,5)6/h11-12,16H,7-10H2,1-6H3,(H,17,19). The Morgan fingerprint density at radius 2 is 1.80 bits per heavy atom. The fourth-order valence-corrected chi connectivity index (χ4v) is 1.84. The van der Waals surface area contributed by atoms with E-state index in [4.69, 9.17) is 4.42 Å². The van der Waals surface area contributed by atoms with E-state index in [9.17, 15) is 0 Å². The number of aromatic nitrogens is 2. The van der Waals surface area contributed by atoms with Crippen molar-refractivity contribution in [1.82, 2.24) is 15.5 Å². The average molecular weight is 282 g/mol. The Hall–Kier alpha value is -1.10. The zero-order valence-electron chi connectivity index (χ0n) is 13.8. The van der Waals surface area contributed by atoms with Crippen molar-refractivity contribution in [1.29, 1.82) is 0 Å². The number of hydrogen-bond donors (Lipinski definition) is 2. The van der Waals surface area contributed by atoms with Gasteiger partial charge in [0.05, 0.1) is 6.54 Å². The average Bonchev–Trinajstić information content (AvgIpc) is 2.72. The molecule has 0 saturated heterocycles. The van der Waals surface area contributed by atoms with Gasteiger partial charge in [-0.15, -0.1) is 5.10 Å². The maximum absolute atomic E-state index is 5.58. The molecule has 0 aliphatic carbocycles. The van der Waals surface area contributed by atoms with Crippen LogP contribution in [0.4, 0.5) is 6.01 Å². The minimum Gasteiger partial charge on any atom is -0.407 e. The summed E-state index contributed by atoms with van der Waals surface area (Å²) >= 11 is 0. The van der Waals surface area contributed by atoms with Crippen molar-refractivity contribution in [3.8, 4) is 0 Å². The van der Waals surface area contributed by atoms with Crippen LogP contribution >= 0.6 is 0 Å². The van der Waals surface area contributed by atoms with Gasteiger partial charge in [-0.05, 0) is 40.0 Å². The van der Waals surface area contributed by atoms with E-state index in [-0.39, 0.29) is 5.54 Å². The van der Waals surface area contributed by atoms with Crippen LogP contribution in [0.25, 0.3) is 0 Å². The SMILES string of the molecule is CC(C)CCCC(C)Nc1nnc(CNC(C)(C)C)o1. The number of nitrogens with zero attached hydrogens (tertiary/aromatic N) is 2. The van der Waals surface area contributed by atoms with Gasteiger partial charge in [-0.3, -0.25) is 0 Å². The monoisotopic (exact) mass is 282 g/mol. The molecule has 2 N–H and O–H groups in total. The van der Waals surface area contributed by atoms with E-state index in [1.165, 1.54) is 12.8 Å². The second-order valence-electron chi connectivity index (χ2n) is 6.97. The summed E-state index contributed by atoms with van der Waals surface area (Å²) in [5.41, 5.74) is 0.0478. The molecule has 116 valence electrons. The molecule has 5 nitrogen and oxygen atoms in total. The zero-order chi connectivity index (χ0) is 15.2. The van der Waals surface area contributed by atoms with Crippen molar-refractivity contribution >= 4 is 6.01 Å². The lowest BCUT2D eigenvalue weighted by atomic mass is 10.0. The Morgan fingerprint density at radius 3 is 2.40 bits per heavy atom. The molecule has 1 unspecified atom stereocenters. The van der Waals surface area contributed by atoms with Crippen molar-refractivity contribution in [2.45, 2.75) is 78.9 Å². The first kappa shape index (κ1) is 17.0. The Morgan fingerprint density at radius 1 is 1.10 bits per heavy atom. The molecule has 20 heavy (non-hydrogen) atoms. The van der Waals surface area contributed by atoms with Gasteiger partial charge in [0.15, 0.2) is 0 Å².